The zero-order chi connectivity index (χ0) is 22.6. The van der Waals surface area contributed by atoms with Gasteiger partial charge in [0, 0.05) is 18.7 Å². The molecule has 0 aliphatic heterocycles. The number of carbonyl (C=O) groups excluding carboxylic acids is 1. The van der Waals surface area contributed by atoms with Gasteiger partial charge in [-0.05, 0) is 105 Å². The third-order valence-electron chi connectivity index (χ3n) is 10.8. The van der Waals surface area contributed by atoms with E-state index in [1.54, 1.807) is 17.1 Å². The van der Waals surface area contributed by atoms with Crippen molar-refractivity contribution in [1.82, 2.24) is 15.0 Å². The van der Waals surface area contributed by atoms with E-state index in [1.165, 1.54) is 25.7 Å². The summed E-state index contributed by atoms with van der Waals surface area (Å²) < 4.78 is 1.68. The van der Waals surface area contributed by atoms with Crippen molar-refractivity contribution in [2.75, 3.05) is 6.61 Å². The molecular weight excluding hydrogens is 402 g/mol. The molecule has 178 valence electrons. The van der Waals surface area contributed by atoms with Gasteiger partial charge in [-0.3, -0.25) is 4.79 Å². The summed E-state index contributed by atoms with van der Waals surface area (Å²) in [6.45, 7) is 5.46. The van der Waals surface area contributed by atoms with Gasteiger partial charge in [-0.25, -0.2) is 4.68 Å². The number of Topliss-reactive ketones (excluding diaryl/α,β-unsaturated/α-hetero) is 1. The van der Waals surface area contributed by atoms with Crippen LogP contribution in [0.3, 0.4) is 0 Å². The second-order valence-electron chi connectivity index (χ2n) is 12.2. The van der Waals surface area contributed by atoms with Crippen LogP contribution in [-0.4, -0.2) is 43.2 Å². The number of aliphatic hydroxyl groups excluding tert-OH is 1. The molecule has 0 saturated heterocycles. The Labute approximate surface area is 192 Å². The van der Waals surface area contributed by atoms with Crippen LogP contribution in [0.5, 0.6) is 0 Å². The molecule has 1 aromatic heterocycles. The molecule has 4 fully saturated rings. The number of fused-ring (bicyclic) bond motifs is 5. The Bertz CT molecular complexity index is 828. The average Bonchev–Trinajstić information content (AvgIpc) is 3.40. The number of aromatic nitrogens is 3. The fraction of sp³-hybridized carbons (Fsp3) is 0.885. The highest BCUT2D eigenvalue weighted by Crippen LogP contribution is 2.68. The van der Waals surface area contributed by atoms with E-state index >= 15 is 0 Å². The molecule has 0 aromatic carbocycles. The van der Waals surface area contributed by atoms with E-state index in [2.05, 4.69) is 24.2 Å². The molecule has 0 amide bonds. The minimum absolute atomic E-state index is 0.124. The molecule has 4 aliphatic carbocycles. The van der Waals surface area contributed by atoms with Crippen molar-refractivity contribution >= 4 is 5.78 Å². The number of rotatable bonds is 6. The van der Waals surface area contributed by atoms with Crippen LogP contribution in [0.1, 0.15) is 84.5 Å². The van der Waals surface area contributed by atoms with Gasteiger partial charge >= 0.3 is 0 Å². The Balaban J connectivity index is 1.31. The molecule has 4 saturated carbocycles. The van der Waals surface area contributed by atoms with Crippen LogP contribution < -0.4 is 0 Å². The fourth-order valence-corrected chi connectivity index (χ4v) is 9.07. The van der Waals surface area contributed by atoms with Crippen LogP contribution in [0.4, 0.5) is 0 Å². The highest BCUT2D eigenvalue weighted by atomic mass is 16.3. The molecule has 2 unspecified atom stereocenters. The lowest BCUT2D eigenvalue weighted by Crippen LogP contribution is -2.56. The lowest BCUT2D eigenvalue weighted by Gasteiger charge is -2.62. The first kappa shape index (κ1) is 22.5. The highest BCUT2D eigenvalue weighted by Gasteiger charge is 2.62. The van der Waals surface area contributed by atoms with Gasteiger partial charge in [-0.15, -0.1) is 5.10 Å². The molecule has 6 heteroatoms. The summed E-state index contributed by atoms with van der Waals surface area (Å²) in [7, 11) is 0. The van der Waals surface area contributed by atoms with Crippen LogP contribution >= 0.6 is 0 Å². The van der Waals surface area contributed by atoms with Crippen molar-refractivity contribution in [2.24, 2.45) is 40.4 Å². The Hall–Kier alpha value is -1.27. The number of hydrogen-bond acceptors (Lipinski definition) is 5. The Morgan fingerprint density at radius 3 is 2.62 bits per heavy atom. The van der Waals surface area contributed by atoms with Crippen LogP contribution in [0.2, 0.25) is 0 Å². The molecule has 1 aromatic rings. The quantitative estimate of drug-likeness (QED) is 0.694. The average molecular weight is 444 g/mol. The van der Waals surface area contributed by atoms with Gasteiger partial charge in [0.25, 0.3) is 0 Å². The predicted octanol–water partition coefficient (Wildman–Crippen LogP) is 4.01. The van der Waals surface area contributed by atoms with Gasteiger partial charge in [-0.2, -0.15) is 0 Å². The van der Waals surface area contributed by atoms with Crippen molar-refractivity contribution in [3.8, 4) is 0 Å². The Kier molecular flexibility index (Phi) is 5.77. The second-order valence-corrected chi connectivity index (χ2v) is 12.2. The maximum atomic E-state index is 13.2. The molecule has 1 heterocycles. The molecule has 32 heavy (non-hydrogen) atoms. The summed E-state index contributed by atoms with van der Waals surface area (Å²) in [5.41, 5.74) is -0.133. The van der Waals surface area contributed by atoms with Crippen molar-refractivity contribution in [3.63, 3.8) is 0 Å². The number of carbonyl (C=O) groups is 1. The molecule has 5 rings (SSSR count). The zero-order valence-corrected chi connectivity index (χ0v) is 19.9. The summed E-state index contributed by atoms with van der Waals surface area (Å²) in [5, 5.41) is 28.3. The highest BCUT2D eigenvalue weighted by molar-refractivity contribution is 5.82. The summed E-state index contributed by atoms with van der Waals surface area (Å²) >= 11 is 0. The fourth-order valence-electron chi connectivity index (χ4n) is 9.07. The summed E-state index contributed by atoms with van der Waals surface area (Å²) in [6.07, 6.45) is 14.8. The van der Waals surface area contributed by atoms with Crippen molar-refractivity contribution < 1.29 is 15.0 Å². The number of hydrogen-bond donors (Lipinski definition) is 2. The van der Waals surface area contributed by atoms with E-state index in [-0.39, 0.29) is 17.9 Å². The molecular formula is C26H41N3O3. The van der Waals surface area contributed by atoms with Crippen LogP contribution in [0.15, 0.2) is 12.4 Å². The zero-order valence-electron chi connectivity index (χ0n) is 19.9. The maximum Gasteiger partial charge on any atom is 0.157 e. The molecule has 4 aliphatic rings. The molecule has 0 radical (unpaired) electrons. The lowest BCUT2D eigenvalue weighted by atomic mass is 9.43. The van der Waals surface area contributed by atoms with E-state index in [1.807, 2.05) is 0 Å². The van der Waals surface area contributed by atoms with E-state index in [0.29, 0.717) is 36.0 Å². The standard InChI is InChI=1S/C26H41N3O3/c1-24-11-12-26(32,9-3-15-30)16-18(24)4-5-19-20-6-7-22(25(20,2)10-8-21(19)24)23(31)17-29-14-13-27-28-29/h13-14,18-22,30,32H,3-12,15-17H2,1-2H3/t18?,19-,20-,21-,22+,24-,25-,26?/m0/s1. The van der Waals surface area contributed by atoms with E-state index in [4.69, 9.17) is 0 Å². The van der Waals surface area contributed by atoms with Crippen molar-refractivity contribution in [2.45, 2.75) is 96.6 Å². The summed E-state index contributed by atoms with van der Waals surface area (Å²) in [6, 6.07) is 0. The van der Waals surface area contributed by atoms with E-state index in [9.17, 15) is 15.0 Å². The Morgan fingerprint density at radius 2 is 1.88 bits per heavy atom. The molecule has 8 atom stereocenters. The Morgan fingerprint density at radius 1 is 1.06 bits per heavy atom. The molecule has 2 N–H and O–H groups in total. The van der Waals surface area contributed by atoms with Crippen LogP contribution in [0, 0.1) is 40.4 Å². The van der Waals surface area contributed by atoms with E-state index in [0.717, 1.165) is 50.4 Å². The number of nitrogens with zero attached hydrogens (tertiary/aromatic N) is 3. The first-order valence-corrected chi connectivity index (χ1v) is 13.0. The first-order valence-electron chi connectivity index (χ1n) is 13.0. The molecule has 6 nitrogen and oxygen atoms in total. The van der Waals surface area contributed by atoms with Gasteiger partial charge in [0.1, 0.15) is 6.54 Å². The van der Waals surface area contributed by atoms with Gasteiger partial charge < -0.3 is 10.2 Å². The third-order valence-corrected chi connectivity index (χ3v) is 10.8. The van der Waals surface area contributed by atoms with E-state index < -0.39 is 5.60 Å². The maximum absolute atomic E-state index is 13.2. The smallest absolute Gasteiger partial charge is 0.157 e. The monoisotopic (exact) mass is 443 g/mol. The molecule has 0 spiro atoms. The van der Waals surface area contributed by atoms with Gasteiger partial charge in [0.05, 0.1) is 11.8 Å². The second kappa shape index (κ2) is 8.19. The van der Waals surface area contributed by atoms with Crippen molar-refractivity contribution in [3.05, 3.63) is 12.4 Å². The summed E-state index contributed by atoms with van der Waals surface area (Å²) in [5.74, 6) is 3.19. The van der Waals surface area contributed by atoms with Gasteiger partial charge in [0.2, 0.25) is 0 Å². The topological polar surface area (TPSA) is 88.2 Å². The van der Waals surface area contributed by atoms with Crippen LogP contribution in [0.25, 0.3) is 0 Å². The van der Waals surface area contributed by atoms with Crippen molar-refractivity contribution in [1.29, 1.82) is 0 Å². The van der Waals surface area contributed by atoms with Crippen LogP contribution in [-0.2, 0) is 11.3 Å². The third kappa shape index (κ3) is 3.56. The van der Waals surface area contributed by atoms with Gasteiger partial charge in [-0.1, -0.05) is 19.1 Å². The predicted molar refractivity (Wildman–Crippen MR) is 122 cm³/mol. The normalized spacial score (nSPS) is 45.7. The molecule has 0 bridgehead atoms. The minimum Gasteiger partial charge on any atom is -0.396 e. The first-order chi connectivity index (χ1) is 15.3. The summed E-state index contributed by atoms with van der Waals surface area (Å²) in [4.78, 5) is 13.2. The number of ketones is 1. The largest absolute Gasteiger partial charge is 0.396 e. The minimum atomic E-state index is -0.574. The lowest BCUT2D eigenvalue weighted by molar-refractivity contribution is -0.156. The SMILES string of the molecule is C[C@]12CC[C@H]3[C@@H](CCC4CC(O)(CCCO)CC[C@@]43C)[C@@H]1CC[C@@H]2C(=O)Cn1ccnn1. The number of aliphatic hydroxyl groups is 2. The van der Waals surface area contributed by atoms with Gasteiger partial charge in [0.15, 0.2) is 5.78 Å².